The van der Waals surface area contributed by atoms with E-state index in [1.54, 1.807) is 0 Å². The summed E-state index contributed by atoms with van der Waals surface area (Å²) in [6.45, 7) is 3.41. The summed E-state index contributed by atoms with van der Waals surface area (Å²) in [5, 5.41) is 1.51. The minimum atomic E-state index is 0. The average Bonchev–Trinajstić information content (AvgIpc) is 2.89. The number of halogens is 1. The van der Waals surface area contributed by atoms with Crippen molar-refractivity contribution in [2.75, 3.05) is 0 Å². The average molecular weight is 423 g/mol. The third kappa shape index (κ3) is 4.07. The quantitative estimate of drug-likeness (QED) is 0.421. The van der Waals surface area contributed by atoms with Crippen molar-refractivity contribution in [2.24, 2.45) is 0 Å². The minimum absolute atomic E-state index is 0. The Morgan fingerprint density at radius 3 is 2.41 bits per heavy atom. The fourth-order valence-corrected chi connectivity index (χ4v) is 3.91. The molecule has 0 fully saturated rings. The van der Waals surface area contributed by atoms with Crippen LogP contribution in [0.2, 0.25) is 0 Å². The van der Waals surface area contributed by atoms with Crippen LogP contribution in [0.15, 0.2) is 54.6 Å². The van der Waals surface area contributed by atoms with Gasteiger partial charge in [-0.15, -0.1) is 0 Å². The van der Waals surface area contributed by atoms with E-state index < -0.39 is 0 Å². The Morgan fingerprint density at radius 1 is 0.909 bits per heavy atom. The lowest BCUT2D eigenvalue weighted by Gasteiger charge is -2.00. The number of para-hydroxylation sites is 1. The van der Waals surface area contributed by atoms with Gasteiger partial charge in [-0.3, -0.25) is 0 Å². The van der Waals surface area contributed by atoms with Crippen LogP contribution in [0.25, 0.3) is 10.2 Å². The first kappa shape index (κ1) is 17.4. The van der Waals surface area contributed by atoms with Gasteiger partial charge in [-0.05, 0) is 18.1 Å². The molecule has 0 aliphatic rings. The van der Waals surface area contributed by atoms with Gasteiger partial charge in [0.05, 0.1) is 0 Å². The number of aryl methyl sites for hydroxylation is 3. The molecule has 0 saturated heterocycles. The molecule has 0 bridgehead atoms. The molecule has 0 unspecified atom stereocenters. The molecule has 0 radical (unpaired) electrons. The Bertz CT molecular complexity index is 706. The molecule has 116 valence electrons. The fraction of sp³-hybridized carbons (Fsp3) is 0.316. The molecule has 0 aliphatic carbocycles. The largest absolute Gasteiger partial charge is 1.00 e. The van der Waals surface area contributed by atoms with E-state index in [0.717, 1.165) is 19.4 Å². The van der Waals surface area contributed by atoms with Crippen LogP contribution in [-0.2, 0) is 19.4 Å². The van der Waals surface area contributed by atoms with Gasteiger partial charge in [-0.25, -0.2) is 0 Å². The first-order valence-corrected chi connectivity index (χ1v) is 8.64. The number of hydrogen-bond donors (Lipinski definition) is 0. The third-order valence-electron chi connectivity index (χ3n) is 3.89. The van der Waals surface area contributed by atoms with Crippen LogP contribution in [0, 0.1) is 0 Å². The van der Waals surface area contributed by atoms with Gasteiger partial charge in [0.25, 0.3) is 0 Å². The second kappa shape index (κ2) is 8.63. The van der Waals surface area contributed by atoms with E-state index in [4.69, 9.17) is 0 Å². The van der Waals surface area contributed by atoms with Gasteiger partial charge < -0.3 is 24.0 Å². The number of fused-ring (bicyclic) bond motifs is 1. The van der Waals surface area contributed by atoms with Crippen molar-refractivity contribution in [3.05, 3.63) is 65.2 Å². The van der Waals surface area contributed by atoms with E-state index >= 15 is 0 Å². The molecule has 22 heavy (non-hydrogen) atoms. The lowest BCUT2D eigenvalue weighted by molar-refractivity contribution is -0.674. The first-order valence-electron chi connectivity index (χ1n) is 7.82. The predicted octanol–water partition coefficient (Wildman–Crippen LogP) is 1.78. The van der Waals surface area contributed by atoms with Gasteiger partial charge in [0.1, 0.15) is 11.2 Å². The molecule has 1 aromatic heterocycles. The molecule has 1 heterocycles. The molecule has 0 atom stereocenters. The Balaban J connectivity index is 0.00000176. The number of hydrogen-bond acceptors (Lipinski definition) is 1. The smallest absolute Gasteiger partial charge is 0.238 e. The maximum absolute atomic E-state index is 2.53. The molecule has 3 rings (SSSR count). The highest BCUT2D eigenvalue weighted by molar-refractivity contribution is 7.18. The van der Waals surface area contributed by atoms with Crippen molar-refractivity contribution in [3.63, 3.8) is 0 Å². The summed E-state index contributed by atoms with van der Waals surface area (Å²) >= 11 is 1.96. The normalized spacial score (nSPS) is 10.6. The summed E-state index contributed by atoms with van der Waals surface area (Å²) < 4.78 is 3.95. The van der Waals surface area contributed by atoms with Gasteiger partial charge in [-0.1, -0.05) is 67.1 Å². The van der Waals surface area contributed by atoms with E-state index in [0.29, 0.717) is 0 Å². The third-order valence-corrected chi connectivity index (χ3v) is 5.12. The molecule has 0 saturated carbocycles. The highest BCUT2D eigenvalue weighted by Gasteiger charge is 2.19. The Labute approximate surface area is 154 Å². The zero-order valence-corrected chi connectivity index (χ0v) is 15.9. The summed E-state index contributed by atoms with van der Waals surface area (Å²) in [6, 6.07) is 19.6. The summed E-state index contributed by atoms with van der Waals surface area (Å²) in [6.07, 6.45) is 4.76. The molecular weight excluding hydrogens is 401 g/mol. The fourth-order valence-electron chi connectivity index (χ4n) is 2.73. The number of aromatic nitrogens is 1. The summed E-state index contributed by atoms with van der Waals surface area (Å²) in [5.41, 5.74) is 2.83. The molecule has 0 spiro atoms. The molecular formula is C19H22INS. The Morgan fingerprint density at radius 2 is 1.64 bits per heavy atom. The van der Waals surface area contributed by atoms with E-state index in [2.05, 4.69) is 66.1 Å². The molecule has 1 nitrogen and oxygen atoms in total. The molecule has 0 aliphatic heterocycles. The van der Waals surface area contributed by atoms with Crippen molar-refractivity contribution >= 4 is 21.6 Å². The summed E-state index contributed by atoms with van der Waals surface area (Å²) in [5.74, 6) is 0. The SMILES string of the molecule is CCCC[n+]1c(CCc2ccccc2)sc2ccccc21.[I-]. The van der Waals surface area contributed by atoms with Crippen molar-refractivity contribution in [1.82, 2.24) is 0 Å². The zero-order valence-electron chi connectivity index (χ0n) is 13.0. The van der Waals surface area contributed by atoms with E-state index in [1.165, 1.54) is 33.6 Å². The molecule has 3 heteroatoms. The topological polar surface area (TPSA) is 3.88 Å². The Kier molecular flexibility index (Phi) is 6.83. The minimum Gasteiger partial charge on any atom is -1.00 e. The number of nitrogens with zero attached hydrogens (tertiary/aromatic N) is 1. The monoisotopic (exact) mass is 423 g/mol. The molecule has 0 amide bonds. The van der Waals surface area contributed by atoms with Gasteiger partial charge in [0, 0.05) is 18.9 Å². The standard InChI is InChI=1S/C19H22NS.HI/c1-2-3-15-20-17-11-7-8-12-18(17)21-19(20)14-13-16-9-5-4-6-10-16;/h4-12H,2-3,13-15H2,1H3;1H/q+1;/p-1. The van der Waals surface area contributed by atoms with Gasteiger partial charge in [-0.2, -0.15) is 4.57 Å². The van der Waals surface area contributed by atoms with Crippen molar-refractivity contribution in [3.8, 4) is 0 Å². The Hall–Kier alpha value is -0.940. The van der Waals surface area contributed by atoms with Crippen LogP contribution in [0.1, 0.15) is 30.3 Å². The molecule has 0 N–H and O–H groups in total. The maximum Gasteiger partial charge on any atom is 0.238 e. The number of benzene rings is 2. The van der Waals surface area contributed by atoms with Crippen LogP contribution in [0.5, 0.6) is 0 Å². The summed E-state index contributed by atoms with van der Waals surface area (Å²) in [7, 11) is 0. The maximum atomic E-state index is 2.53. The first-order chi connectivity index (χ1) is 10.4. The van der Waals surface area contributed by atoms with E-state index in [9.17, 15) is 0 Å². The van der Waals surface area contributed by atoms with Crippen LogP contribution in [0.3, 0.4) is 0 Å². The van der Waals surface area contributed by atoms with Crippen LogP contribution in [0.4, 0.5) is 0 Å². The lowest BCUT2D eigenvalue weighted by Crippen LogP contribution is -3.00. The van der Waals surface area contributed by atoms with Gasteiger partial charge in [0.15, 0.2) is 0 Å². The van der Waals surface area contributed by atoms with Crippen molar-refractivity contribution in [2.45, 2.75) is 39.2 Å². The molecule has 2 aromatic carbocycles. The van der Waals surface area contributed by atoms with E-state index in [-0.39, 0.29) is 24.0 Å². The van der Waals surface area contributed by atoms with Crippen molar-refractivity contribution in [1.29, 1.82) is 0 Å². The number of rotatable bonds is 6. The second-order valence-electron chi connectivity index (χ2n) is 5.45. The van der Waals surface area contributed by atoms with Crippen molar-refractivity contribution < 1.29 is 28.5 Å². The van der Waals surface area contributed by atoms with Crippen LogP contribution >= 0.6 is 11.3 Å². The van der Waals surface area contributed by atoms with Crippen LogP contribution in [-0.4, -0.2) is 0 Å². The predicted molar refractivity (Wildman–Crippen MR) is 90.8 cm³/mol. The highest BCUT2D eigenvalue weighted by Crippen LogP contribution is 2.21. The zero-order chi connectivity index (χ0) is 14.5. The summed E-state index contributed by atoms with van der Waals surface area (Å²) in [4.78, 5) is 0. The van der Waals surface area contributed by atoms with E-state index in [1.807, 2.05) is 11.3 Å². The number of thiazole rings is 1. The van der Waals surface area contributed by atoms with Gasteiger partial charge >= 0.3 is 0 Å². The second-order valence-corrected chi connectivity index (χ2v) is 6.57. The van der Waals surface area contributed by atoms with Crippen LogP contribution < -0.4 is 28.5 Å². The lowest BCUT2D eigenvalue weighted by atomic mass is 10.1. The highest BCUT2D eigenvalue weighted by atomic mass is 127. The van der Waals surface area contributed by atoms with Gasteiger partial charge in [0.2, 0.25) is 10.5 Å². The molecule has 3 aromatic rings. The number of unbranched alkanes of at least 4 members (excludes halogenated alkanes) is 1.